The SMILES string of the molecule is C=CCN(Cc1ccc(C(=O)N[C@H]2C[C@H]3CC[C@H]2C3)cc1)S(=O)(=O)c1ccc(C)cc1. The molecule has 0 aliphatic heterocycles. The van der Waals surface area contributed by atoms with E-state index in [-0.39, 0.29) is 23.9 Å². The van der Waals surface area contributed by atoms with Crippen LogP contribution in [0.2, 0.25) is 0 Å². The molecule has 1 amide bonds. The molecule has 0 radical (unpaired) electrons. The van der Waals surface area contributed by atoms with E-state index in [1.165, 1.54) is 23.6 Å². The third kappa shape index (κ3) is 4.75. The van der Waals surface area contributed by atoms with Gasteiger partial charge in [0.2, 0.25) is 10.0 Å². The summed E-state index contributed by atoms with van der Waals surface area (Å²) >= 11 is 0. The van der Waals surface area contributed by atoms with E-state index in [0.717, 1.165) is 23.5 Å². The normalized spacial score (nSPS) is 22.6. The Bertz CT molecular complexity index is 1050. The summed E-state index contributed by atoms with van der Waals surface area (Å²) in [7, 11) is -3.64. The maximum absolute atomic E-state index is 13.1. The molecule has 2 bridgehead atoms. The standard InChI is InChI=1S/C25H30N2O3S/c1-3-14-27(31(29,30)23-12-4-18(2)5-13-23)17-19-6-9-21(10-7-19)25(28)26-24-16-20-8-11-22(24)15-20/h3-7,9-10,12-13,20,22,24H,1,8,11,14-17H2,2H3,(H,26,28)/t20-,22-,24-/m0/s1. The number of sulfonamides is 1. The molecule has 0 spiro atoms. The summed E-state index contributed by atoms with van der Waals surface area (Å²) in [5, 5.41) is 3.20. The summed E-state index contributed by atoms with van der Waals surface area (Å²) in [5.41, 5.74) is 2.45. The minimum atomic E-state index is -3.64. The van der Waals surface area contributed by atoms with Crippen LogP contribution in [-0.4, -0.2) is 31.2 Å². The summed E-state index contributed by atoms with van der Waals surface area (Å²) in [6.45, 7) is 6.06. The molecule has 2 aliphatic carbocycles. The van der Waals surface area contributed by atoms with Gasteiger partial charge in [-0.2, -0.15) is 4.31 Å². The number of nitrogens with one attached hydrogen (secondary N) is 1. The van der Waals surface area contributed by atoms with Crippen molar-refractivity contribution in [1.29, 1.82) is 0 Å². The predicted molar refractivity (Wildman–Crippen MR) is 122 cm³/mol. The minimum absolute atomic E-state index is 0.0423. The van der Waals surface area contributed by atoms with Crippen molar-refractivity contribution in [2.75, 3.05) is 6.54 Å². The van der Waals surface area contributed by atoms with Crippen molar-refractivity contribution in [3.8, 4) is 0 Å². The van der Waals surface area contributed by atoms with Gasteiger partial charge in [0.1, 0.15) is 0 Å². The van der Waals surface area contributed by atoms with Crippen molar-refractivity contribution in [3.05, 3.63) is 77.9 Å². The Morgan fingerprint density at radius 3 is 2.39 bits per heavy atom. The maximum atomic E-state index is 13.1. The molecule has 3 atom stereocenters. The first kappa shape index (κ1) is 21.8. The van der Waals surface area contributed by atoms with E-state index in [0.29, 0.717) is 17.5 Å². The molecule has 0 unspecified atom stereocenters. The Balaban J connectivity index is 1.44. The maximum Gasteiger partial charge on any atom is 0.251 e. The minimum Gasteiger partial charge on any atom is -0.349 e. The topological polar surface area (TPSA) is 66.5 Å². The van der Waals surface area contributed by atoms with Crippen LogP contribution in [0.5, 0.6) is 0 Å². The highest BCUT2D eigenvalue weighted by atomic mass is 32.2. The number of aryl methyl sites for hydroxylation is 1. The summed E-state index contributed by atoms with van der Waals surface area (Å²) in [5.74, 6) is 1.37. The fourth-order valence-electron chi connectivity index (χ4n) is 4.89. The largest absolute Gasteiger partial charge is 0.349 e. The number of carbonyl (C=O) groups is 1. The molecule has 2 fully saturated rings. The van der Waals surface area contributed by atoms with E-state index >= 15 is 0 Å². The van der Waals surface area contributed by atoms with E-state index in [1.807, 2.05) is 19.1 Å². The summed E-state index contributed by atoms with van der Waals surface area (Å²) < 4.78 is 27.6. The number of hydrogen-bond donors (Lipinski definition) is 1. The molecule has 2 aromatic rings. The summed E-state index contributed by atoms with van der Waals surface area (Å²) in [6.07, 6.45) is 6.46. The van der Waals surface area contributed by atoms with Crippen LogP contribution in [0, 0.1) is 18.8 Å². The summed E-state index contributed by atoms with van der Waals surface area (Å²) in [6, 6.07) is 14.4. The monoisotopic (exact) mass is 438 g/mol. The molecule has 0 heterocycles. The van der Waals surface area contributed by atoms with Gasteiger partial charge < -0.3 is 5.32 Å². The average molecular weight is 439 g/mol. The third-order valence-corrected chi connectivity index (χ3v) is 8.45. The second-order valence-corrected chi connectivity index (χ2v) is 10.8. The molecule has 2 saturated carbocycles. The number of fused-ring (bicyclic) bond motifs is 2. The molecule has 6 heteroatoms. The van der Waals surface area contributed by atoms with Gasteiger partial charge in [-0.05, 0) is 67.9 Å². The Morgan fingerprint density at radius 2 is 1.81 bits per heavy atom. The van der Waals surface area contributed by atoms with Gasteiger partial charge in [0.25, 0.3) is 5.91 Å². The van der Waals surface area contributed by atoms with Gasteiger partial charge in [0.05, 0.1) is 4.90 Å². The lowest BCUT2D eigenvalue weighted by atomic mass is 9.95. The highest BCUT2D eigenvalue weighted by molar-refractivity contribution is 7.89. The Morgan fingerprint density at radius 1 is 1.10 bits per heavy atom. The molecule has 2 aliphatic rings. The highest BCUT2D eigenvalue weighted by Gasteiger charge is 2.40. The molecular formula is C25H30N2O3S. The van der Waals surface area contributed by atoms with Gasteiger partial charge in [0, 0.05) is 24.7 Å². The van der Waals surface area contributed by atoms with E-state index in [4.69, 9.17) is 0 Å². The van der Waals surface area contributed by atoms with Crippen molar-refractivity contribution in [3.63, 3.8) is 0 Å². The highest BCUT2D eigenvalue weighted by Crippen LogP contribution is 2.44. The number of rotatable bonds is 8. The molecule has 4 rings (SSSR count). The van der Waals surface area contributed by atoms with Crippen LogP contribution in [-0.2, 0) is 16.6 Å². The zero-order chi connectivity index (χ0) is 22.0. The lowest BCUT2D eigenvalue weighted by Crippen LogP contribution is -2.38. The fraction of sp³-hybridized carbons (Fsp3) is 0.400. The summed E-state index contributed by atoms with van der Waals surface area (Å²) in [4.78, 5) is 12.9. The van der Waals surface area contributed by atoms with Gasteiger partial charge in [-0.25, -0.2) is 8.42 Å². The quantitative estimate of drug-likeness (QED) is 0.625. The molecular weight excluding hydrogens is 408 g/mol. The number of carbonyl (C=O) groups excluding carboxylic acids is 1. The molecule has 2 aromatic carbocycles. The zero-order valence-corrected chi connectivity index (χ0v) is 18.8. The Labute approximate surface area is 185 Å². The van der Waals surface area contributed by atoms with Gasteiger partial charge in [-0.15, -0.1) is 6.58 Å². The average Bonchev–Trinajstić information content (AvgIpc) is 3.37. The molecule has 31 heavy (non-hydrogen) atoms. The van der Waals surface area contributed by atoms with E-state index < -0.39 is 10.0 Å². The van der Waals surface area contributed by atoms with Crippen molar-refractivity contribution >= 4 is 15.9 Å². The smallest absolute Gasteiger partial charge is 0.251 e. The predicted octanol–water partition coefficient (Wildman–Crippen LogP) is 4.29. The van der Waals surface area contributed by atoms with Crippen LogP contribution >= 0.6 is 0 Å². The zero-order valence-electron chi connectivity index (χ0n) is 18.0. The molecule has 0 aromatic heterocycles. The van der Waals surface area contributed by atoms with Crippen LogP contribution in [0.4, 0.5) is 0 Å². The van der Waals surface area contributed by atoms with Gasteiger partial charge in [-0.3, -0.25) is 4.79 Å². The first-order valence-electron chi connectivity index (χ1n) is 10.9. The Hall–Kier alpha value is -2.44. The number of benzene rings is 2. The van der Waals surface area contributed by atoms with Crippen LogP contribution in [0.25, 0.3) is 0 Å². The fourth-order valence-corrected chi connectivity index (χ4v) is 6.29. The van der Waals surface area contributed by atoms with Crippen molar-refractivity contribution in [1.82, 2.24) is 9.62 Å². The number of amides is 1. The van der Waals surface area contributed by atoms with Crippen LogP contribution in [0.15, 0.2) is 66.1 Å². The van der Waals surface area contributed by atoms with Crippen molar-refractivity contribution < 1.29 is 13.2 Å². The van der Waals surface area contributed by atoms with Gasteiger partial charge in [0.15, 0.2) is 0 Å². The Kier molecular flexibility index (Phi) is 6.30. The van der Waals surface area contributed by atoms with E-state index in [9.17, 15) is 13.2 Å². The lowest BCUT2D eigenvalue weighted by molar-refractivity contribution is 0.0923. The van der Waals surface area contributed by atoms with Crippen LogP contribution in [0.1, 0.15) is 47.2 Å². The van der Waals surface area contributed by atoms with Crippen LogP contribution < -0.4 is 5.32 Å². The first-order valence-corrected chi connectivity index (χ1v) is 12.4. The third-order valence-electron chi connectivity index (χ3n) is 6.62. The molecule has 164 valence electrons. The molecule has 5 nitrogen and oxygen atoms in total. The second-order valence-electron chi connectivity index (χ2n) is 8.85. The number of hydrogen-bond acceptors (Lipinski definition) is 3. The van der Waals surface area contributed by atoms with Crippen molar-refractivity contribution in [2.24, 2.45) is 11.8 Å². The molecule has 0 saturated heterocycles. The van der Waals surface area contributed by atoms with Gasteiger partial charge >= 0.3 is 0 Å². The second kappa shape index (κ2) is 8.97. The molecule has 1 N–H and O–H groups in total. The lowest BCUT2D eigenvalue weighted by Gasteiger charge is -2.23. The van der Waals surface area contributed by atoms with E-state index in [1.54, 1.807) is 42.5 Å². The van der Waals surface area contributed by atoms with E-state index in [2.05, 4.69) is 11.9 Å². The van der Waals surface area contributed by atoms with Gasteiger partial charge in [-0.1, -0.05) is 42.3 Å². The van der Waals surface area contributed by atoms with Crippen LogP contribution in [0.3, 0.4) is 0 Å². The van der Waals surface area contributed by atoms with Crippen molar-refractivity contribution in [2.45, 2.75) is 50.1 Å². The number of nitrogens with zero attached hydrogens (tertiary/aromatic N) is 1. The first-order chi connectivity index (χ1) is 14.9.